The van der Waals surface area contributed by atoms with Gasteiger partial charge in [0.2, 0.25) is 5.91 Å². The number of nitrogens with one attached hydrogen (secondary N) is 1. The van der Waals surface area contributed by atoms with Crippen LogP contribution in [0.4, 0.5) is 8.78 Å². The highest BCUT2D eigenvalue weighted by Gasteiger charge is 2.48. The van der Waals surface area contributed by atoms with Gasteiger partial charge in [-0.1, -0.05) is 12.1 Å². The third-order valence-corrected chi connectivity index (χ3v) is 3.39. The lowest BCUT2D eigenvalue weighted by molar-refractivity contribution is -0.140. The molecule has 1 fully saturated rings. The van der Waals surface area contributed by atoms with Gasteiger partial charge < -0.3 is 15.2 Å². The van der Waals surface area contributed by atoms with Gasteiger partial charge in [-0.25, -0.2) is 0 Å². The lowest BCUT2D eigenvalue weighted by Crippen LogP contribution is -2.29. The molecule has 21 heavy (non-hydrogen) atoms. The van der Waals surface area contributed by atoms with Crippen LogP contribution in [0.3, 0.4) is 0 Å². The lowest BCUT2D eigenvalue weighted by Gasteiger charge is -2.15. The summed E-state index contributed by atoms with van der Waals surface area (Å²) in [7, 11) is 0. The maximum Gasteiger partial charge on any atom is 0.387 e. The number of carbonyl (C=O) groups is 2. The number of aliphatic carboxylic acids is 1. The molecule has 1 aliphatic carbocycles. The molecule has 3 atom stereocenters. The maximum atomic E-state index is 12.1. The third-order valence-electron chi connectivity index (χ3n) is 3.39. The van der Waals surface area contributed by atoms with E-state index in [1.165, 1.54) is 12.1 Å². The molecule has 0 radical (unpaired) electrons. The molecule has 7 heteroatoms. The highest BCUT2D eigenvalue weighted by molar-refractivity contribution is 5.89. The predicted octanol–water partition coefficient (Wildman–Crippen LogP) is 2.19. The summed E-state index contributed by atoms with van der Waals surface area (Å²) in [5.41, 5.74) is 0.606. The van der Waals surface area contributed by atoms with Gasteiger partial charge in [-0.2, -0.15) is 8.78 Å². The molecule has 0 aromatic heterocycles. The molecular weight excluding hydrogens is 284 g/mol. The van der Waals surface area contributed by atoms with Crippen LogP contribution in [0.2, 0.25) is 0 Å². The van der Waals surface area contributed by atoms with Crippen molar-refractivity contribution >= 4 is 11.9 Å². The van der Waals surface area contributed by atoms with E-state index in [0.717, 1.165) is 0 Å². The van der Waals surface area contributed by atoms with Crippen LogP contribution in [0, 0.1) is 11.8 Å². The molecular formula is C14H15F2NO4. The van der Waals surface area contributed by atoms with Crippen LogP contribution in [0.15, 0.2) is 24.3 Å². The Labute approximate surface area is 119 Å². The number of carboxylic acids is 1. The van der Waals surface area contributed by atoms with Crippen LogP contribution in [0.5, 0.6) is 5.75 Å². The monoisotopic (exact) mass is 299 g/mol. The summed E-state index contributed by atoms with van der Waals surface area (Å²) in [5.74, 6) is -2.43. The summed E-state index contributed by atoms with van der Waals surface area (Å²) in [4.78, 5) is 22.6. The van der Waals surface area contributed by atoms with E-state index in [4.69, 9.17) is 5.11 Å². The van der Waals surface area contributed by atoms with Gasteiger partial charge in [0.1, 0.15) is 5.75 Å². The number of carboxylic acid groups (broad SMARTS) is 1. The van der Waals surface area contributed by atoms with Gasteiger partial charge in [-0.05, 0) is 31.0 Å². The highest BCUT2D eigenvalue weighted by Crippen LogP contribution is 2.39. The molecule has 0 spiro atoms. The quantitative estimate of drug-likeness (QED) is 0.844. The van der Waals surface area contributed by atoms with Crippen LogP contribution in [-0.4, -0.2) is 23.6 Å². The van der Waals surface area contributed by atoms with Crippen molar-refractivity contribution in [3.05, 3.63) is 29.8 Å². The van der Waals surface area contributed by atoms with E-state index in [1.54, 1.807) is 19.1 Å². The average Bonchev–Trinajstić information content (AvgIpc) is 3.18. The Hall–Kier alpha value is -2.18. The highest BCUT2D eigenvalue weighted by atomic mass is 19.3. The summed E-state index contributed by atoms with van der Waals surface area (Å²) >= 11 is 0. The molecule has 1 amide bonds. The predicted molar refractivity (Wildman–Crippen MR) is 68.9 cm³/mol. The fourth-order valence-electron chi connectivity index (χ4n) is 2.12. The van der Waals surface area contributed by atoms with Crippen LogP contribution >= 0.6 is 0 Å². The van der Waals surface area contributed by atoms with Gasteiger partial charge in [0, 0.05) is 0 Å². The fourth-order valence-corrected chi connectivity index (χ4v) is 2.12. The topological polar surface area (TPSA) is 75.6 Å². The van der Waals surface area contributed by atoms with Gasteiger partial charge in [0.25, 0.3) is 0 Å². The van der Waals surface area contributed by atoms with Gasteiger partial charge in [0.15, 0.2) is 0 Å². The zero-order valence-electron chi connectivity index (χ0n) is 11.3. The average molecular weight is 299 g/mol. The van der Waals surface area contributed by atoms with Crippen molar-refractivity contribution in [3.63, 3.8) is 0 Å². The molecule has 114 valence electrons. The normalized spacial score (nSPS) is 21.7. The number of benzene rings is 1. The first-order chi connectivity index (χ1) is 9.88. The SMILES string of the molecule is CC(NC(=O)[C@@H]1C[C@@H]1C(=O)O)c1cccc(OC(F)F)c1. The first-order valence-corrected chi connectivity index (χ1v) is 6.46. The van der Waals surface area contributed by atoms with Crippen molar-refractivity contribution in [2.24, 2.45) is 11.8 Å². The summed E-state index contributed by atoms with van der Waals surface area (Å²) in [5, 5.41) is 11.5. The zero-order valence-corrected chi connectivity index (χ0v) is 11.3. The Morgan fingerprint density at radius 1 is 1.38 bits per heavy atom. The number of amides is 1. The number of ether oxygens (including phenoxy) is 1. The van der Waals surface area contributed by atoms with E-state index < -0.39 is 30.5 Å². The van der Waals surface area contributed by atoms with Gasteiger partial charge >= 0.3 is 12.6 Å². The molecule has 2 N–H and O–H groups in total. The second-order valence-corrected chi connectivity index (χ2v) is 4.97. The summed E-state index contributed by atoms with van der Waals surface area (Å²) in [6, 6.07) is 5.61. The number of rotatable bonds is 6. The van der Waals surface area contributed by atoms with Crippen LogP contribution < -0.4 is 10.1 Å². The number of hydrogen-bond acceptors (Lipinski definition) is 3. The van der Waals surface area contributed by atoms with E-state index in [9.17, 15) is 18.4 Å². The van der Waals surface area contributed by atoms with E-state index >= 15 is 0 Å². The summed E-state index contributed by atoms with van der Waals surface area (Å²) in [6.45, 7) is -1.22. The van der Waals surface area contributed by atoms with Gasteiger partial charge in [-0.3, -0.25) is 9.59 Å². The second-order valence-electron chi connectivity index (χ2n) is 4.97. The second kappa shape index (κ2) is 6.07. The molecule has 1 saturated carbocycles. The molecule has 0 bridgehead atoms. The van der Waals surface area contributed by atoms with E-state index in [1.807, 2.05) is 0 Å². The molecule has 2 rings (SSSR count). The Balaban J connectivity index is 1.95. The van der Waals surface area contributed by atoms with Crippen molar-refractivity contribution in [3.8, 4) is 5.75 Å². The Morgan fingerprint density at radius 2 is 2.10 bits per heavy atom. The molecule has 5 nitrogen and oxygen atoms in total. The van der Waals surface area contributed by atoms with Crippen molar-refractivity contribution in [2.75, 3.05) is 0 Å². The first kappa shape index (κ1) is 15.2. The van der Waals surface area contributed by atoms with Crippen molar-refractivity contribution in [1.29, 1.82) is 0 Å². The standard InChI is InChI=1S/C14H15F2NO4/c1-7(17-12(18)10-6-11(10)13(19)20)8-3-2-4-9(5-8)21-14(15)16/h2-5,7,10-11,14H,6H2,1H3,(H,17,18)(H,19,20)/t7?,10-,11+/m1/s1. The van der Waals surface area contributed by atoms with Crippen molar-refractivity contribution in [1.82, 2.24) is 5.32 Å². The van der Waals surface area contributed by atoms with E-state index in [2.05, 4.69) is 10.1 Å². The largest absolute Gasteiger partial charge is 0.481 e. The molecule has 1 aromatic carbocycles. The number of hydrogen-bond donors (Lipinski definition) is 2. The van der Waals surface area contributed by atoms with Gasteiger partial charge in [0.05, 0.1) is 17.9 Å². The molecule has 0 aliphatic heterocycles. The summed E-state index contributed by atoms with van der Waals surface area (Å²) in [6.07, 6.45) is 0.336. The molecule has 0 heterocycles. The minimum Gasteiger partial charge on any atom is -0.481 e. The van der Waals surface area contributed by atoms with E-state index in [-0.39, 0.29) is 11.7 Å². The Morgan fingerprint density at radius 3 is 2.67 bits per heavy atom. The minimum atomic E-state index is -2.91. The molecule has 1 unspecified atom stereocenters. The molecule has 0 saturated heterocycles. The summed E-state index contributed by atoms with van der Waals surface area (Å²) < 4.78 is 28.6. The molecule has 1 aliphatic rings. The van der Waals surface area contributed by atoms with Crippen LogP contribution in [-0.2, 0) is 9.59 Å². The first-order valence-electron chi connectivity index (χ1n) is 6.46. The maximum absolute atomic E-state index is 12.1. The lowest BCUT2D eigenvalue weighted by atomic mass is 10.1. The zero-order chi connectivity index (χ0) is 15.6. The van der Waals surface area contributed by atoms with Gasteiger partial charge in [-0.15, -0.1) is 0 Å². The Bertz CT molecular complexity index is 550. The number of alkyl halides is 2. The van der Waals surface area contributed by atoms with Crippen molar-refractivity contribution < 1.29 is 28.2 Å². The smallest absolute Gasteiger partial charge is 0.387 e. The molecule has 1 aromatic rings. The van der Waals surface area contributed by atoms with Crippen molar-refractivity contribution in [2.45, 2.75) is 26.0 Å². The number of halogens is 2. The van der Waals surface area contributed by atoms with E-state index in [0.29, 0.717) is 12.0 Å². The minimum absolute atomic E-state index is 0.0124. The fraction of sp³-hybridized carbons (Fsp3) is 0.429. The Kier molecular flexibility index (Phi) is 4.40. The third kappa shape index (κ3) is 3.90. The van der Waals surface area contributed by atoms with Crippen LogP contribution in [0.1, 0.15) is 24.9 Å². The van der Waals surface area contributed by atoms with Crippen LogP contribution in [0.25, 0.3) is 0 Å². The number of carbonyl (C=O) groups excluding carboxylic acids is 1.